The Balaban J connectivity index is 1.82. The second-order valence-corrected chi connectivity index (χ2v) is 8.12. The first-order chi connectivity index (χ1) is 13.0. The highest BCUT2D eigenvalue weighted by Crippen LogP contribution is 2.33. The largest absolute Gasteiger partial charge is 0.306 e. The molecular formula is C19H15ClFN3O2S. The van der Waals surface area contributed by atoms with Crippen molar-refractivity contribution in [1.29, 1.82) is 0 Å². The molecule has 1 aliphatic heterocycles. The van der Waals surface area contributed by atoms with Gasteiger partial charge in [0.2, 0.25) is 0 Å². The van der Waals surface area contributed by atoms with Crippen LogP contribution in [-0.2, 0) is 22.3 Å². The molecule has 27 heavy (non-hydrogen) atoms. The molecule has 0 fully saturated rings. The topological polar surface area (TPSA) is 64.0 Å². The summed E-state index contributed by atoms with van der Waals surface area (Å²) in [7, 11) is -1.06. The van der Waals surface area contributed by atoms with Crippen molar-refractivity contribution < 1.29 is 13.4 Å². The highest BCUT2D eigenvalue weighted by Gasteiger charge is 2.29. The Morgan fingerprint density at radius 2 is 2.00 bits per heavy atom. The number of nitrogens with one attached hydrogen (secondary N) is 1. The Hall–Kier alpha value is -2.51. The molecule has 0 bridgehead atoms. The zero-order valence-electron chi connectivity index (χ0n) is 14.3. The van der Waals surface area contributed by atoms with E-state index in [9.17, 15) is 13.4 Å². The summed E-state index contributed by atoms with van der Waals surface area (Å²) in [6, 6.07) is 11.7. The molecule has 2 aromatic carbocycles. The van der Waals surface area contributed by atoms with E-state index in [-0.39, 0.29) is 10.6 Å². The Morgan fingerprint density at radius 1 is 1.22 bits per heavy atom. The highest BCUT2D eigenvalue weighted by atomic mass is 35.5. The van der Waals surface area contributed by atoms with Crippen LogP contribution in [0.1, 0.15) is 27.2 Å². The van der Waals surface area contributed by atoms with Crippen molar-refractivity contribution in [3.8, 4) is 5.69 Å². The fraction of sp³-hybridized carbons (Fsp3) is 0.158. The number of rotatable bonds is 3. The van der Waals surface area contributed by atoms with Crippen molar-refractivity contribution >= 4 is 34.1 Å². The molecule has 1 amide bonds. The van der Waals surface area contributed by atoms with Crippen LogP contribution in [0.4, 0.5) is 10.2 Å². The van der Waals surface area contributed by atoms with E-state index in [2.05, 4.69) is 10.4 Å². The lowest BCUT2D eigenvalue weighted by Gasteiger charge is -2.13. The zero-order chi connectivity index (χ0) is 19.1. The number of fused-ring (bicyclic) bond motifs is 1. The van der Waals surface area contributed by atoms with Gasteiger partial charge >= 0.3 is 0 Å². The first-order valence-corrected chi connectivity index (χ1v) is 10.1. The number of nitrogens with zero attached hydrogens (tertiary/aromatic N) is 2. The van der Waals surface area contributed by atoms with E-state index in [0.717, 1.165) is 11.3 Å². The van der Waals surface area contributed by atoms with Crippen LogP contribution in [0.15, 0.2) is 42.5 Å². The molecule has 0 unspecified atom stereocenters. The van der Waals surface area contributed by atoms with Gasteiger partial charge in [0.05, 0.1) is 33.5 Å². The summed E-state index contributed by atoms with van der Waals surface area (Å²) in [5.74, 6) is -0.357. The predicted octanol–water partition coefficient (Wildman–Crippen LogP) is 3.99. The van der Waals surface area contributed by atoms with Gasteiger partial charge in [-0.25, -0.2) is 9.07 Å². The van der Waals surface area contributed by atoms with Crippen LogP contribution in [0.25, 0.3) is 5.69 Å². The number of anilines is 1. The van der Waals surface area contributed by atoms with Crippen LogP contribution in [-0.4, -0.2) is 19.9 Å². The van der Waals surface area contributed by atoms with Crippen LogP contribution in [0.3, 0.4) is 0 Å². The van der Waals surface area contributed by atoms with E-state index in [1.807, 2.05) is 31.2 Å². The van der Waals surface area contributed by atoms with E-state index in [0.29, 0.717) is 28.6 Å². The highest BCUT2D eigenvalue weighted by molar-refractivity contribution is 7.83. The van der Waals surface area contributed by atoms with Crippen LogP contribution in [0.2, 0.25) is 5.02 Å². The molecule has 0 spiro atoms. The summed E-state index contributed by atoms with van der Waals surface area (Å²) < 4.78 is 27.7. The fourth-order valence-electron chi connectivity index (χ4n) is 3.12. The third-order valence-corrected chi connectivity index (χ3v) is 5.96. The summed E-state index contributed by atoms with van der Waals surface area (Å²) in [5, 5.41) is 7.31. The molecule has 5 nitrogen and oxygen atoms in total. The standard InChI is InChI=1S/C19H15ClFN3O2S/c1-11-5-2-3-8-16(11)24-18(12-9-27(26)10-15(12)23-24)22-19(25)17-13(20)6-4-7-14(17)21/h2-8H,9-10H2,1H3,(H,22,25)/t27-/m0/s1. The van der Waals surface area contributed by atoms with E-state index in [4.69, 9.17) is 11.6 Å². The van der Waals surface area contributed by atoms with Gasteiger partial charge in [-0.3, -0.25) is 9.00 Å². The first-order valence-electron chi connectivity index (χ1n) is 8.23. The smallest absolute Gasteiger partial charge is 0.261 e. The number of aromatic nitrogens is 2. The van der Waals surface area contributed by atoms with E-state index >= 15 is 0 Å². The van der Waals surface area contributed by atoms with Crippen molar-refractivity contribution in [3.63, 3.8) is 0 Å². The Morgan fingerprint density at radius 3 is 2.74 bits per heavy atom. The second-order valence-electron chi connectivity index (χ2n) is 6.25. The number of para-hydroxylation sites is 1. The summed E-state index contributed by atoms with van der Waals surface area (Å²) in [6.07, 6.45) is 0. The van der Waals surface area contributed by atoms with E-state index in [1.54, 1.807) is 4.68 Å². The van der Waals surface area contributed by atoms with Gasteiger partial charge < -0.3 is 5.32 Å². The molecule has 0 radical (unpaired) electrons. The number of carbonyl (C=O) groups excluding carboxylic acids is 1. The molecular weight excluding hydrogens is 389 g/mol. The number of carbonyl (C=O) groups is 1. The van der Waals surface area contributed by atoms with Crippen LogP contribution >= 0.6 is 11.6 Å². The van der Waals surface area contributed by atoms with Crippen LogP contribution in [0.5, 0.6) is 0 Å². The van der Waals surface area contributed by atoms with Gasteiger partial charge in [-0.05, 0) is 30.7 Å². The molecule has 1 atom stereocenters. The molecule has 0 aliphatic carbocycles. The summed E-state index contributed by atoms with van der Waals surface area (Å²) in [4.78, 5) is 12.8. The number of hydrogen-bond acceptors (Lipinski definition) is 3. The van der Waals surface area contributed by atoms with E-state index < -0.39 is 22.5 Å². The maximum absolute atomic E-state index is 14.1. The lowest BCUT2D eigenvalue weighted by molar-refractivity contribution is 0.102. The lowest BCUT2D eigenvalue weighted by Crippen LogP contribution is -2.18. The van der Waals surface area contributed by atoms with Gasteiger partial charge in [0.1, 0.15) is 11.6 Å². The van der Waals surface area contributed by atoms with Gasteiger partial charge in [-0.2, -0.15) is 5.10 Å². The minimum Gasteiger partial charge on any atom is -0.306 e. The van der Waals surface area contributed by atoms with Crippen LogP contribution < -0.4 is 5.32 Å². The van der Waals surface area contributed by atoms with Gasteiger partial charge in [-0.15, -0.1) is 0 Å². The van der Waals surface area contributed by atoms with Gasteiger partial charge in [0.15, 0.2) is 0 Å². The quantitative estimate of drug-likeness (QED) is 0.719. The third-order valence-electron chi connectivity index (χ3n) is 4.44. The summed E-state index contributed by atoms with van der Waals surface area (Å²) >= 11 is 6.02. The lowest BCUT2D eigenvalue weighted by atomic mass is 10.2. The number of hydrogen-bond donors (Lipinski definition) is 1. The second kappa shape index (κ2) is 6.90. The number of aryl methyl sites for hydroxylation is 1. The molecule has 0 saturated carbocycles. The Kier molecular flexibility index (Phi) is 4.57. The number of amides is 1. The predicted molar refractivity (Wildman–Crippen MR) is 103 cm³/mol. The fourth-order valence-corrected chi connectivity index (χ4v) is 4.63. The van der Waals surface area contributed by atoms with Crippen molar-refractivity contribution in [2.75, 3.05) is 5.32 Å². The molecule has 2 heterocycles. The molecule has 4 rings (SSSR count). The maximum Gasteiger partial charge on any atom is 0.261 e. The molecule has 3 aromatic rings. The Bertz CT molecular complexity index is 1080. The molecule has 138 valence electrons. The minimum absolute atomic E-state index is 0.0229. The molecule has 1 N–H and O–H groups in total. The van der Waals surface area contributed by atoms with E-state index in [1.165, 1.54) is 18.2 Å². The Labute approximate surface area is 162 Å². The van der Waals surface area contributed by atoms with Crippen molar-refractivity contribution in [1.82, 2.24) is 9.78 Å². The maximum atomic E-state index is 14.1. The minimum atomic E-state index is -1.06. The van der Waals surface area contributed by atoms with Crippen molar-refractivity contribution in [2.24, 2.45) is 0 Å². The van der Waals surface area contributed by atoms with Crippen LogP contribution in [0, 0.1) is 12.7 Å². The summed E-state index contributed by atoms with van der Waals surface area (Å²) in [6.45, 7) is 1.93. The number of benzene rings is 2. The average Bonchev–Trinajstić information content (AvgIpc) is 3.12. The molecule has 1 aromatic heterocycles. The zero-order valence-corrected chi connectivity index (χ0v) is 15.9. The van der Waals surface area contributed by atoms with Gasteiger partial charge in [-0.1, -0.05) is 35.9 Å². The molecule has 1 aliphatic rings. The molecule has 8 heteroatoms. The third kappa shape index (κ3) is 3.17. The van der Waals surface area contributed by atoms with Gasteiger partial charge in [0.25, 0.3) is 5.91 Å². The number of halogens is 2. The monoisotopic (exact) mass is 403 g/mol. The van der Waals surface area contributed by atoms with Crippen molar-refractivity contribution in [2.45, 2.75) is 18.4 Å². The molecule has 0 saturated heterocycles. The van der Waals surface area contributed by atoms with Crippen molar-refractivity contribution in [3.05, 3.63) is 75.7 Å². The SMILES string of the molecule is Cc1ccccc1-n1nc2c(c1NC(=O)c1c(F)cccc1Cl)C[S@](=O)C2. The van der Waals surface area contributed by atoms with Gasteiger partial charge in [0, 0.05) is 16.4 Å². The normalized spacial score (nSPS) is 15.6. The summed E-state index contributed by atoms with van der Waals surface area (Å²) in [5.41, 5.74) is 2.89. The first kappa shape index (κ1) is 17.9. The average molecular weight is 404 g/mol.